The summed E-state index contributed by atoms with van der Waals surface area (Å²) in [7, 11) is 0. The fourth-order valence-electron chi connectivity index (χ4n) is 4.57. The first-order valence-corrected chi connectivity index (χ1v) is 9.51. The van der Waals surface area contributed by atoms with E-state index in [2.05, 4.69) is 45.2 Å². The largest absolute Gasteiger partial charge is 0.492 e. The third-order valence-electron chi connectivity index (χ3n) is 5.81. The molecule has 2 aromatic carbocycles. The van der Waals surface area contributed by atoms with Crippen LogP contribution in [0.3, 0.4) is 0 Å². The van der Waals surface area contributed by atoms with Crippen LogP contribution in [0.5, 0.6) is 17.2 Å². The van der Waals surface area contributed by atoms with Gasteiger partial charge in [-0.2, -0.15) is 0 Å². The summed E-state index contributed by atoms with van der Waals surface area (Å²) in [6.45, 7) is 3.24. The highest BCUT2D eigenvalue weighted by Crippen LogP contribution is 2.54. The van der Waals surface area contributed by atoms with Gasteiger partial charge in [-0.1, -0.05) is 18.2 Å². The minimum absolute atomic E-state index is 0.226. The molecule has 0 saturated carbocycles. The number of hydrogen-bond donors (Lipinski definition) is 0. The van der Waals surface area contributed by atoms with E-state index in [1.807, 2.05) is 12.1 Å². The third kappa shape index (κ3) is 2.21. The van der Waals surface area contributed by atoms with E-state index in [0.717, 1.165) is 29.6 Å². The molecule has 6 nitrogen and oxygen atoms in total. The van der Waals surface area contributed by atoms with Gasteiger partial charge < -0.3 is 19.1 Å². The Hall–Kier alpha value is -3.28. The zero-order chi connectivity index (χ0) is 18.6. The summed E-state index contributed by atoms with van der Waals surface area (Å²) >= 11 is 0. The normalized spacial score (nSPS) is 21.4. The van der Waals surface area contributed by atoms with E-state index in [9.17, 15) is 0 Å². The summed E-state index contributed by atoms with van der Waals surface area (Å²) < 4.78 is 17.7. The van der Waals surface area contributed by atoms with E-state index in [-0.39, 0.29) is 5.41 Å². The zero-order valence-corrected chi connectivity index (χ0v) is 15.3. The number of ether oxygens (including phenoxy) is 3. The first kappa shape index (κ1) is 15.7. The van der Waals surface area contributed by atoms with Gasteiger partial charge in [-0.25, -0.2) is 9.97 Å². The number of fused-ring (bicyclic) bond motifs is 5. The van der Waals surface area contributed by atoms with Crippen molar-refractivity contribution < 1.29 is 14.2 Å². The Morgan fingerprint density at radius 1 is 0.857 bits per heavy atom. The van der Waals surface area contributed by atoms with Crippen molar-refractivity contribution in [2.45, 2.75) is 12.0 Å². The molecule has 6 rings (SSSR count). The predicted molar refractivity (Wildman–Crippen MR) is 103 cm³/mol. The van der Waals surface area contributed by atoms with Gasteiger partial charge in [-0.3, -0.25) is 0 Å². The second-order valence-corrected chi connectivity index (χ2v) is 7.40. The van der Waals surface area contributed by atoms with Crippen molar-refractivity contribution in [3.8, 4) is 17.2 Å². The quantitative estimate of drug-likeness (QED) is 0.688. The van der Waals surface area contributed by atoms with Crippen LogP contribution in [0.15, 0.2) is 54.9 Å². The van der Waals surface area contributed by atoms with Crippen LogP contribution in [-0.2, 0) is 12.0 Å². The van der Waals surface area contributed by atoms with E-state index >= 15 is 0 Å². The molecule has 0 N–H and O–H groups in total. The molecule has 0 fully saturated rings. The van der Waals surface area contributed by atoms with Crippen molar-refractivity contribution in [1.29, 1.82) is 0 Å². The number of para-hydroxylation sites is 1. The molecule has 0 bridgehead atoms. The summed E-state index contributed by atoms with van der Waals surface area (Å²) in [6.07, 6.45) is 3.58. The fourth-order valence-corrected chi connectivity index (χ4v) is 4.57. The lowest BCUT2D eigenvalue weighted by molar-refractivity contribution is 0.171. The van der Waals surface area contributed by atoms with Gasteiger partial charge in [-0.05, 0) is 23.8 Å². The highest BCUT2D eigenvalue weighted by Gasteiger charge is 2.50. The third-order valence-corrected chi connectivity index (χ3v) is 5.81. The molecule has 6 heteroatoms. The first-order valence-electron chi connectivity index (χ1n) is 9.51. The maximum absolute atomic E-state index is 6.16. The van der Waals surface area contributed by atoms with Crippen LogP contribution in [-0.4, -0.2) is 36.3 Å². The van der Waals surface area contributed by atoms with Crippen molar-refractivity contribution in [3.05, 3.63) is 71.8 Å². The number of rotatable bonds is 2. The topological polar surface area (TPSA) is 56.7 Å². The molecule has 1 spiro atoms. The van der Waals surface area contributed by atoms with Crippen LogP contribution in [0.25, 0.3) is 0 Å². The number of anilines is 1. The molecular weight excluding hydrogens is 354 g/mol. The molecule has 3 aliphatic heterocycles. The molecule has 1 aromatic heterocycles. The molecule has 0 aliphatic carbocycles. The van der Waals surface area contributed by atoms with E-state index in [1.54, 1.807) is 12.4 Å². The maximum Gasteiger partial charge on any atom is 0.165 e. The lowest BCUT2D eigenvalue weighted by Crippen LogP contribution is -2.36. The van der Waals surface area contributed by atoms with Crippen LogP contribution in [0.4, 0.5) is 5.69 Å². The summed E-state index contributed by atoms with van der Waals surface area (Å²) in [5, 5.41) is 0. The number of hydrogen-bond acceptors (Lipinski definition) is 6. The van der Waals surface area contributed by atoms with E-state index in [1.165, 1.54) is 16.8 Å². The first-order chi connectivity index (χ1) is 13.8. The van der Waals surface area contributed by atoms with Gasteiger partial charge in [0.15, 0.2) is 11.5 Å². The Labute approximate surface area is 162 Å². The molecule has 28 heavy (non-hydrogen) atoms. The second kappa shape index (κ2) is 5.86. The molecular formula is C22H19N3O3. The van der Waals surface area contributed by atoms with Gasteiger partial charge in [0.25, 0.3) is 0 Å². The molecule has 3 aromatic rings. The minimum atomic E-state index is -0.226. The number of benzene rings is 2. The Kier molecular flexibility index (Phi) is 3.29. The summed E-state index contributed by atoms with van der Waals surface area (Å²) in [4.78, 5) is 11.2. The van der Waals surface area contributed by atoms with E-state index < -0.39 is 0 Å². The number of aromatic nitrogens is 2. The van der Waals surface area contributed by atoms with Gasteiger partial charge in [0.05, 0.1) is 12.0 Å². The summed E-state index contributed by atoms with van der Waals surface area (Å²) in [5.74, 6) is 3.27. The van der Waals surface area contributed by atoms with Gasteiger partial charge in [0.2, 0.25) is 0 Å². The second-order valence-electron chi connectivity index (χ2n) is 7.40. The average molecular weight is 373 g/mol. The van der Waals surface area contributed by atoms with Gasteiger partial charge >= 0.3 is 0 Å². The molecule has 0 saturated heterocycles. The van der Waals surface area contributed by atoms with Crippen LogP contribution in [0.2, 0.25) is 0 Å². The SMILES string of the molecule is c1cnc(CN2C[C@]3(COc4cc5c(cc43)OCCO5)c3ccccc32)nc1. The van der Waals surface area contributed by atoms with Gasteiger partial charge in [0, 0.05) is 36.3 Å². The van der Waals surface area contributed by atoms with Crippen molar-refractivity contribution in [1.82, 2.24) is 9.97 Å². The standard InChI is InChI=1S/C22H19N3O3/c1-2-5-17-15(4-1)22(13-25(17)12-21-23-6-3-7-24-21)14-28-18-11-20-19(10-16(18)22)26-8-9-27-20/h1-7,10-11H,8-9,12-14H2/t22-/m0/s1. The van der Waals surface area contributed by atoms with E-state index in [4.69, 9.17) is 14.2 Å². The molecule has 0 unspecified atom stereocenters. The lowest BCUT2D eigenvalue weighted by atomic mass is 9.77. The van der Waals surface area contributed by atoms with Crippen molar-refractivity contribution in [2.24, 2.45) is 0 Å². The Bertz CT molecular complexity index is 1060. The average Bonchev–Trinajstić information content (AvgIpc) is 3.26. The van der Waals surface area contributed by atoms with Crippen LogP contribution < -0.4 is 19.1 Å². The Balaban J connectivity index is 1.45. The van der Waals surface area contributed by atoms with Crippen LogP contribution in [0, 0.1) is 0 Å². The zero-order valence-electron chi connectivity index (χ0n) is 15.3. The molecule has 1 atom stereocenters. The molecule has 3 aliphatic rings. The highest BCUT2D eigenvalue weighted by molar-refractivity contribution is 5.70. The van der Waals surface area contributed by atoms with Gasteiger partial charge in [0.1, 0.15) is 31.4 Å². The highest BCUT2D eigenvalue weighted by atomic mass is 16.6. The lowest BCUT2D eigenvalue weighted by Gasteiger charge is -2.26. The molecule has 4 heterocycles. The predicted octanol–water partition coefficient (Wildman–Crippen LogP) is 2.95. The number of nitrogens with zero attached hydrogens (tertiary/aromatic N) is 3. The molecule has 0 amide bonds. The van der Waals surface area contributed by atoms with Crippen molar-refractivity contribution in [2.75, 3.05) is 31.3 Å². The molecule has 0 radical (unpaired) electrons. The maximum atomic E-state index is 6.16. The summed E-state index contributed by atoms with van der Waals surface area (Å²) in [6, 6.07) is 14.5. The van der Waals surface area contributed by atoms with E-state index in [0.29, 0.717) is 26.4 Å². The van der Waals surface area contributed by atoms with Crippen LogP contribution in [0.1, 0.15) is 17.0 Å². The van der Waals surface area contributed by atoms with Crippen LogP contribution >= 0.6 is 0 Å². The van der Waals surface area contributed by atoms with Gasteiger partial charge in [-0.15, -0.1) is 0 Å². The smallest absolute Gasteiger partial charge is 0.165 e. The fraction of sp³-hybridized carbons (Fsp3) is 0.273. The monoisotopic (exact) mass is 373 g/mol. The Morgan fingerprint density at radius 3 is 2.50 bits per heavy atom. The van der Waals surface area contributed by atoms with Crippen molar-refractivity contribution in [3.63, 3.8) is 0 Å². The molecule has 140 valence electrons. The minimum Gasteiger partial charge on any atom is -0.492 e. The Morgan fingerprint density at radius 2 is 1.64 bits per heavy atom. The summed E-state index contributed by atoms with van der Waals surface area (Å²) in [5.41, 5.74) is 3.43. The van der Waals surface area contributed by atoms with Crippen molar-refractivity contribution >= 4 is 5.69 Å².